The van der Waals surface area contributed by atoms with Gasteiger partial charge in [-0.15, -0.1) is 0 Å². The van der Waals surface area contributed by atoms with Gasteiger partial charge in [-0.3, -0.25) is 14.6 Å². The first-order chi connectivity index (χ1) is 14.2. The van der Waals surface area contributed by atoms with Gasteiger partial charge in [0.05, 0.1) is 24.8 Å². The van der Waals surface area contributed by atoms with E-state index in [1.165, 1.54) is 6.92 Å². The summed E-state index contributed by atoms with van der Waals surface area (Å²) in [7, 11) is 0. The number of aliphatic hydroxyl groups excluding tert-OH is 1. The van der Waals surface area contributed by atoms with Gasteiger partial charge in [-0.1, -0.05) is 30.3 Å². The van der Waals surface area contributed by atoms with E-state index in [0.717, 1.165) is 0 Å². The molecule has 0 saturated heterocycles. The minimum Gasteiger partial charge on any atom is -0.465 e. The number of esters is 1. The molecule has 0 spiro atoms. The van der Waals surface area contributed by atoms with E-state index < -0.39 is 65.0 Å². The van der Waals surface area contributed by atoms with E-state index in [1.54, 1.807) is 30.3 Å². The summed E-state index contributed by atoms with van der Waals surface area (Å²) in [6.45, 7) is 0.609. The van der Waals surface area contributed by atoms with Crippen LogP contribution in [0.5, 0.6) is 0 Å². The van der Waals surface area contributed by atoms with Crippen molar-refractivity contribution in [2.45, 2.75) is 13.0 Å². The topological polar surface area (TPSA) is 76.0 Å². The Morgan fingerprint density at radius 1 is 1.00 bits per heavy atom. The lowest BCUT2D eigenvalue weighted by atomic mass is 9.96. The maximum absolute atomic E-state index is 14.0. The number of carbonyl (C=O) groups is 2. The third-order valence-corrected chi connectivity index (χ3v) is 4.05. The molecule has 0 radical (unpaired) electrons. The molecule has 0 bridgehead atoms. The molecule has 0 saturated carbocycles. The lowest BCUT2D eigenvalue weighted by Gasteiger charge is -2.14. The van der Waals surface area contributed by atoms with Gasteiger partial charge >= 0.3 is 5.97 Å². The molecule has 2 atom stereocenters. The van der Waals surface area contributed by atoms with E-state index in [4.69, 9.17) is 0 Å². The second-order valence-electron chi connectivity index (χ2n) is 5.95. The third-order valence-electron chi connectivity index (χ3n) is 4.05. The highest BCUT2D eigenvalue weighted by Gasteiger charge is 2.36. The standard InChI is InChI=1S/C20H16F5NO4/c1-2-30-20(29)11(8-26-12(9-27)10-6-4-3-5-7-10)19(28)13-14(21)16(23)18(25)17(24)15(13)22/h3-8,11-12,27H,2,9H2,1H3. The minimum absolute atomic E-state index is 0.227. The first kappa shape index (κ1) is 23.1. The number of aliphatic hydroxyl groups is 1. The van der Waals surface area contributed by atoms with Gasteiger partial charge in [-0.25, -0.2) is 22.0 Å². The fourth-order valence-corrected chi connectivity index (χ4v) is 2.55. The third kappa shape index (κ3) is 4.70. The zero-order valence-corrected chi connectivity index (χ0v) is 15.5. The Morgan fingerprint density at radius 3 is 2.03 bits per heavy atom. The number of aliphatic imine (C=N–C) groups is 1. The molecule has 30 heavy (non-hydrogen) atoms. The first-order valence-electron chi connectivity index (χ1n) is 8.65. The average Bonchev–Trinajstić information content (AvgIpc) is 2.74. The molecule has 0 aliphatic heterocycles. The number of Topliss-reactive ketones (excluding diaryl/α,β-unsaturated/α-hetero) is 1. The molecule has 2 aromatic rings. The van der Waals surface area contributed by atoms with E-state index in [9.17, 15) is 36.6 Å². The molecule has 0 heterocycles. The molecule has 0 fully saturated rings. The van der Waals surface area contributed by atoms with Crippen LogP contribution in [0, 0.1) is 35.0 Å². The van der Waals surface area contributed by atoms with Crippen molar-refractivity contribution in [2.75, 3.05) is 13.2 Å². The predicted molar refractivity (Wildman–Crippen MR) is 95.4 cm³/mol. The molecule has 2 aromatic carbocycles. The van der Waals surface area contributed by atoms with Crippen molar-refractivity contribution in [1.82, 2.24) is 0 Å². The van der Waals surface area contributed by atoms with Crippen LogP contribution in [0.25, 0.3) is 0 Å². The smallest absolute Gasteiger partial charge is 0.322 e. The molecule has 5 nitrogen and oxygen atoms in total. The summed E-state index contributed by atoms with van der Waals surface area (Å²) in [5.74, 6) is -17.0. The second-order valence-corrected chi connectivity index (χ2v) is 5.95. The van der Waals surface area contributed by atoms with Crippen molar-refractivity contribution in [3.8, 4) is 0 Å². The predicted octanol–water partition coefficient (Wildman–Crippen LogP) is 3.55. The van der Waals surface area contributed by atoms with Crippen molar-refractivity contribution in [3.05, 3.63) is 70.5 Å². The summed E-state index contributed by atoms with van der Waals surface area (Å²) >= 11 is 0. The average molecular weight is 429 g/mol. The van der Waals surface area contributed by atoms with Gasteiger partial charge in [-0.2, -0.15) is 0 Å². The maximum atomic E-state index is 14.0. The number of rotatable bonds is 8. The van der Waals surface area contributed by atoms with Gasteiger partial charge < -0.3 is 9.84 Å². The Bertz CT molecular complexity index is 936. The molecule has 0 amide bonds. The fraction of sp³-hybridized carbons (Fsp3) is 0.250. The van der Waals surface area contributed by atoms with Crippen LogP contribution in [0.1, 0.15) is 28.9 Å². The minimum atomic E-state index is -2.44. The van der Waals surface area contributed by atoms with Gasteiger partial charge in [0.15, 0.2) is 35.0 Å². The number of ether oxygens (including phenoxy) is 1. The van der Waals surface area contributed by atoms with E-state index >= 15 is 0 Å². The molecule has 160 valence electrons. The Labute approximate surface area is 167 Å². The van der Waals surface area contributed by atoms with E-state index in [1.807, 2.05) is 0 Å². The number of nitrogens with zero attached hydrogens (tertiary/aromatic N) is 1. The van der Waals surface area contributed by atoms with Crippen molar-refractivity contribution in [3.63, 3.8) is 0 Å². The molecule has 1 N–H and O–H groups in total. The van der Waals surface area contributed by atoms with Crippen molar-refractivity contribution in [2.24, 2.45) is 10.9 Å². The van der Waals surface area contributed by atoms with E-state index in [0.29, 0.717) is 11.8 Å². The number of ketones is 1. The van der Waals surface area contributed by atoms with Crippen LogP contribution in [0.3, 0.4) is 0 Å². The van der Waals surface area contributed by atoms with Crippen LogP contribution >= 0.6 is 0 Å². The highest BCUT2D eigenvalue weighted by molar-refractivity contribution is 6.18. The molecular weight excluding hydrogens is 413 g/mol. The van der Waals surface area contributed by atoms with Crippen molar-refractivity contribution in [1.29, 1.82) is 0 Å². The first-order valence-corrected chi connectivity index (χ1v) is 8.65. The zero-order chi connectivity index (χ0) is 22.4. The second kappa shape index (κ2) is 10.1. The Kier molecular flexibility index (Phi) is 7.76. The Hall–Kier alpha value is -3.14. The van der Waals surface area contributed by atoms with Crippen molar-refractivity contribution >= 4 is 18.0 Å². The van der Waals surface area contributed by atoms with E-state index in [-0.39, 0.29) is 6.61 Å². The zero-order valence-electron chi connectivity index (χ0n) is 15.5. The maximum Gasteiger partial charge on any atom is 0.322 e. The monoisotopic (exact) mass is 429 g/mol. The molecule has 0 aromatic heterocycles. The number of halogens is 5. The number of carbonyl (C=O) groups excluding carboxylic acids is 2. The summed E-state index contributed by atoms with van der Waals surface area (Å²) in [6, 6.07) is 7.18. The van der Waals surface area contributed by atoms with E-state index in [2.05, 4.69) is 9.73 Å². The van der Waals surface area contributed by atoms with Gasteiger partial charge in [-0.05, 0) is 12.5 Å². The lowest BCUT2D eigenvalue weighted by molar-refractivity contribution is -0.144. The fourth-order valence-electron chi connectivity index (χ4n) is 2.55. The Balaban J connectivity index is 2.50. The van der Waals surface area contributed by atoms with Crippen molar-refractivity contribution < 1.29 is 41.4 Å². The molecular formula is C20H16F5NO4. The SMILES string of the molecule is CCOC(=O)C(C=NC(CO)c1ccccc1)C(=O)c1c(F)c(F)c(F)c(F)c1F. The molecule has 2 rings (SSSR count). The highest BCUT2D eigenvalue weighted by Crippen LogP contribution is 2.26. The molecule has 2 unspecified atom stereocenters. The summed E-state index contributed by atoms with van der Waals surface area (Å²) in [6.07, 6.45) is 0.659. The van der Waals surface area contributed by atoms with Gasteiger partial charge in [0.25, 0.3) is 0 Å². The number of hydrogen-bond donors (Lipinski definition) is 1. The van der Waals surface area contributed by atoms with Crippen LogP contribution in [-0.4, -0.2) is 36.3 Å². The summed E-state index contributed by atoms with van der Waals surface area (Å²) in [5.41, 5.74) is -1.29. The summed E-state index contributed by atoms with van der Waals surface area (Å²) in [4.78, 5) is 28.6. The molecule has 10 heteroatoms. The largest absolute Gasteiger partial charge is 0.465 e. The van der Waals surface area contributed by atoms with Crippen LogP contribution < -0.4 is 0 Å². The summed E-state index contributed by atoms with van der Waals surface area (Å²) in [5, 5.41) is 9.51. The van der Waals surface area contributed by atoms with Crippen LogP contribution in [0.15, 0.2) is 35.3 Å². The molecule has 0 aliphatic rings. The van der Waals surface area contributed by atoms with Gasteiger partial charge in [0, 0.05) is 6.21 Å². The van der Waals surface area contributed by atoms with Gasteiger partial charge in [0.1, 0.15) is 0 Å². The number of benzene rings is 2. The summed E-state index contributed by atoms with van der Waals surface area (Å²) < 4.78 is 72.9. The van der Waals surface area contributed by atoms with Crippen LogP contribution in [-0.2, 0) is 9.53 Å². The normalized spacial score (nSPS) is 13.3. The van der Waals surface area contributed by atoms with Gasteiger partial charge in [0.2, 0.25) is 5.82 Å². The highest BCUT2D eigenvalue weighted by atomic mass is 19.2. The van der Waals surface area contributed by atoms with Crippen LogP contribution in [0.4, 0.5) is 22.0 Å². The number of hydrogen-bond acceptors (Lipinski definition) is 5. The van der Waals surface area contributed by atoms with Crippen LogP contribution in [0.2, 0.25) is 0 Å². The quantitative estimate of drug-likeness (QED) is 0.132. The lowest BCUT2D eigenvalue weighted by Crippen LogP contribution is -2.30. The Morgan fingerprint density at radius 2 is 1.53 bits per heavy atom. The molecule has 0 aliphatic carbocycles.